The minimum Gasteiger partial charge on any atom is -0.345 e. The average Bonchev–Trinajstić information content (AvgIpc) is 2.39. The Balaban J connectivity index is 2.84. The van der Waals surface area contributed by atoms with Gasteiger partial charge in [0, 0.05) is 6.20 Å². The number of H-pyrrole nitrogens is 1. The maximum Gasteiger partial charge on any atom is 0.103 e. The molecule has 58 valence electrons. The minimum atomic E-state index is -0.0313. The molecule has 1 unspecified atom stereocenters. The number of nitriles is 1. The van der Waals surface area contributed by atoms with Crippen molar-refractivity contribution in [3.63, 3.8) is 0 Å². The second-order valence-corrected chi connectivity index (χ2v) is 2.51. The van der Waals surface area contributed by atoms with E-state index in [-0.39, 0.29) is 5.92 Å². The summed E-state index contributed by atoms with van der Waals surface area (Å²) >= 11 is 0. The van der Waals surface area contributed by atoms with E-state index >= 15 is 0 Å². The molecule has 3 nitrogen and oxygen atoms in total. The molecule has 0 radical (unpaired) electrons. The van der Waals surface area contributed by atoms with E-state index in [0.717, 1.165) is 17.9 Å². The van der Waals surface area contributed by atoms with Gasteiger partial charge in [-0.25, -0.2) is 4.98 Å². The maximum absolute atomic E-state index is 8.69. The molecule has 3 heteroatoms. The van der Waals surface area contributed by atoms with Crippen LogP contribution in [-0.2, 0) is 0 Å². The van der Waals surface area contributed by atoms with E-state index in [1.54, 1.807) is 6.20 Å². The molecule has 0 aliphatic carbocycles. The molecule has 0 aromatic carbocycles. The monoisotopic (exact) mass is 149 g/mol. The second kappa shape index (κ2) is 3.20. The molecular formula is C8H11N3. The Morgan fingerprint density at radius 1 is 1.82 bits per heavy atom. The second-order valence-electron chi connectivity index (χ2n) is 2.51. The van der Waals surface area contributed by atoms with Crippen LogP contribution in [0.25, 0.3) is 0 Å². The van der Waals surface area contributed by atoms with Gasteiger partial charge in [0.05, 0.1) is 17.7 Å². The Labute approximate surface area is 66.1 Å². The number of hydrogen-bond acceptors (Lipinski definition) is 2. The zero-order chi connectivity index (χ0) is 8.27. The predicted octanol–water partition coefficient (Wildman–Crippen LogP) is 1.74. The van der Waals surface area contributed by atoms with Crippen molar-refractivity contribution in [3.8, 4) is 6.07 Å². The maximum atomic E-state index is 8.69. The zero-order valence-electron chi connectivity index (χ0n) is 6.76. The summed E-state index contributed by atoms with van der Waals surface area (Å²) in [6.07, 6.45) is 2.56. The van der Waals surface area contributed by atoms with Gasteiger partial charge in [-0.1, -0.05) is 6.92 Å². The van der Waals surface area contributed by atoms with Gasteiger partial charge < -0.3 is 4.98 Å². The molecule has 0 saturated carbocycles. The molecule has 1 N–H and O–H groups in total. The quantitative estimate of drug-likeness (QED) is 0.696. The first-order valence-corrected chi connectivity index (χ1v) is 3.69. The fourth-order valence-electron chi connectivity index (χ4n) is 0.998. The normalized spacial score (nSPS) is 12.5. The third kappa shape index (κ3) is 1.58. The van der Waals surface area contributed by atoms with Crippen molar-refractivity contribution < 1.29 is 0 Å². The third-order valence-corrected chi connectivity index (χ3v) is 1.66. The van der Waals surface area contributed by atoms with Crippen molar-refractivity contribution in [2.24, 2.45) is 0 Å². The lowest BCUT2D eigenvalue weighted by Crippen LogP contribution is -1.93. The highest BCUT2D eigenvalue weighted by atomic mass is 14.9. The molecule has 0 aliphatic heterocycles. The Kier molecular flexibility index (Phi) is 2.27. The molecule has 1 atom stereocenters. The Morgan fingerprint density at radius 3 is 2.91 bits per heavy atom. The number of nitrogens with zero attached hydrogens (tertiary/aromatic N) is 2. The van der Waals surface area contributed by atoms with Crippen LogP contribution in [0.1, 0.15) is 30.8 Å². The number of rotatable bonds is 2. The lowest BCUT2D eigenvalue weighted by molar-refractivity contribution is 0.791. The van der Waals surface area contributed by atoms with Gasteiger partial charge in [0.2, 0.25) is 0 Å². The van der Waals surface area contributed by atoms with Crippen LogP contribution in [-0.4, -0.2) is 9.97 Å². The van der Waals surface area contributed by atoms with Crippen LogP contribution in [0.15, 0.2) is 6.20 Å². The van der Waals surface area contributed by atoms with E-state index in [9.17, 15) is 0 Å². The van der Waals surface area contributed by atoms with Gasteiger partial charge in [0.25, 0.3) is 0 Å². The van der Waals surface area contributed by atoms with Crippen LogP contribution in [0.5, 0.6) is 0 Å². The molecule has 11 heavy (non-hydrogen) atoms. The van der Waals surface area contributed by atoms with Crippen molar-refractivity contribution >= 4 is 0 Å². The molecule has 1 aromatic rings. The fraction of sp³-hybridized carbons (Fsp3) is 0.500. The number of aromatic nitrogens is 2. The van der Waals surface area contributed by atoms with E-state index in [0.29, 0.717) is 0 Å². The van der Waals surface area contributed by atoms with Gasteiger partial charge in [0.1, 0.15) is 5.82 Å². The van der Waals surface area contributed by atoms with Gasteiger partial charge >= 0.3 is 0 Å². The van der Waals surface area contributed by atoms with E-state index in [4.69, 9.17) is 5.26 Å². The van der Waals surface area contributed by atoms with Crippen molar-refractivity contribution in [1.82, 2.24) is 9.97 Å². The summed E-state index contributed by atoms with van der Waals surface area (Å²) in [6.45, 7) is 3.87. The van der Waals surface area contributed by atoms with Crippen LogP contribution in [0.4, 0.5) is 0 Å². The van der Waals surface area contributed by atoms with Crippen molar-refractivity contribution in [3.05, 3.63) is 17.7 Å². The topological polar surface area (TPSA) is 52.5 Å². The van der Waals surface area contributed by atoms with Gasteiger partial charge in [-0.15, -0.1) is 0 Å². The molecule has 0 fully saturated rings. The smallest absolute Gasteiger partial charge is 0.103 e. The van der Waals surface area contributed by atoms with Crippen molar-refractivity contribution in [2.45, 2.75) is 26.2 Å². The van der Waals surface area contributed by atoms with E-state index in [1.165, 1.54) is 0 Å². The summed E-state index contributed by atoms with van der Waals surface area (Å²) in [5, 5.41) is 8.69. The van der Waals surface area contributed by atoms with Crippen LogP contribution in [0, 0.1) is 18.3 Å². The highest BCUT2D eigenvalue weighted by molar-refractivity contribution is 5.14. The number of aryl methyl sites for hydroxylation is 1. The van der Waals surface area contributed by atoms with Gasteiger partial charge in [-0.3, -0.25) is 0 Å². The number of nitrogens with one attached hydrogen (secondary N) is 1. The van der Waals surface area contributed by atoms with Gasteiger partial charge in [-0.2, -0.15) is 5.26 Å². The molecule has 0 spiro atoms. The lowest BCUT2D eigenvalue weighted by Gasteiger charge is -1.99. The Morgan fingerprint density at radius 2 is 2.55 bits per heavy atom. The highest BCUT2D eigenvalue weighted by Gasteiger charge is 2.08. The molecule has 0 amide bonds. The molecule has 0 saturated heterocycles. The first-order chi connectivity index (χ1) is 5.27. The number of imidazole rings is 1. The fourth-order valence-corrected chi connectivity index (χ4v) is 0.998. The van der Waals surface area contributed by atoms with Gasteiger partial charge in [-0.05, 0) is 13.3 Å². The minimum absolute atomic E-state index is 0.0313. The summed E-state index contributed by atoms with van der Waals surface area (Å²) in [5.74, 6) is 0.838. The summed E-state index contributed by atoms with van der Waals surface area (Å²) in [7, 11) is 0. The predicted molar refractivity (Wildman–Crippen MR) is 42.0 cm³/mol. The molecule has 1 heterocycles. The van der Waals surface area contributed by atoms with E-state index in [2.05, 4.69) is 16.0 Å². The molecule has 1 aromatic heterocycles. The van der Waals surface area contributed by atoms with Crippen molar-refractivity contribution in [1.29, 1.82) is 5.26 Å². The van der Waals surface area contributed by atoms with Crippen LogP contribution in [0.2, 0.25) is 0 Å². The Hall–Kier alpha value is -1.30. The lowest BCUT2D eigenvalue weighted by atomic mass is 10.1. The SMILES string of the molecule is CCC(C#N)c1cnc(C)[nH]1. The van der Waals surface area contributed by atoms with Crippen molar-refractivity contribution in [2.75, 3.05) is 0 Å². The molecule has 1 rings (SSSR count). The largest absolute Gasteiger partial charge is 0.345 e. The molecule has 0 aliphatic rings. The highest BCUT2D eigenvalue weighted by Crippen LogP contribution is 2.15. The zero-order valence-corrected chi connectivity index (χ0v) is 6.76. The first-order valence-electron chi connectivity index (χ1n) is 3.69. The Bertz CT molecular complexity index is 269. The standard InChI is InChI=1S/C8H11N3/c1-3-7(4-9)8-5-10-6(2)11-8/h5,7H,3H2,1-2H3,(H,10,11). The summed E-state index contributed by atoms with van der Waals surface area (Å²) in [6, 6.07) is 2.21. The summed E-state index contributed by atoms with van der Waals surface area (Å²) in [4.78, 5) is 7.07. The van der Waals surface area contributed by atoms with Gasteiger partial charge in [0.15, 0.2) is 0 Å². The first kappa shape index (κ1) is 7.80. The van der Waals surface area contributed by atoms with E-state index in [1.807, 2.05) is 13.8 Å². The summed E-state index contributed by atoms with van der Waals surface area (Å²) < 4.78 is 0. The molecular weight excluding hydrogens is 138 g/mol. The van der Waals surface area contributed by atoms with Crippen LogP contribution in [0.3, 0.4) is 0 Å². The number of hydrogen-bond donors (Lipinski definition) is 1. The summed E-state index contributed by atoms with van der Waals surface area (Å²) in [5.41, 5.74) is 0.924. The average molecular weight is 149 g/mol. The third-order valence-electron chi connectivity index (χ3n) is 1.66. The van der Waals surface area contributed by atoms with Crippen LogP contribution < -0.4 is 0 Å². The van der Waals surface area contributed by atoms with Crippen LogP contribution >= 0.6 is 0 Å². The van der Waals surface area contributed by atoms with E-state index < -0.39 is 0 Å². The number of aromatic amines is 1. The molecule has 0 bridgehead atoms.